The van der Waals surface area contributed by atoms with Gasteiger partial charge in [-0.2, -0.15) is 0 Å². The highest BCUT2D eigenvalue weighted by Crippen LogP contribution is 2.06. The van der Waals surface area contributed by atoms with Crippen molar-refractivity contribution >= 4 is 41.4 Å². The Labute approximate surface area is 263 Å². The number of aromatic amines is 1. The molecule has 1 heterocycles. The van der Waals surface area contributed by atoms with Gasteiger partial charge in [-0.1, -0.05) is 20.3 Å². The van der Waals surface area contributed by atoms with Crippen LogP contribution in [-0.4, -0.2) is 134 Å². The number of hydrogen-bond acceptors (Lipinski definition) is 12. The number of hydrogen-bond donors (Lipinski definition) is 12. The van der Waals surface area contributed by atoms with Crippen LogP contribution >= 0.6 is 0 Å². The SMILES string of the molecule is CC[C@H](C)[C@H](N)C(=O)N[C@@H](CO)C(=O)N[C@@H](Cc1cnc[nH]1)C(=O)NCC(=O)NCC(=O)N[C@@H](CO)C(=O)N[C@H](C(=O)O)[C@@H](C)O. The molecule has 0 unspecified atom stereocenters. The quantitative estimate of drug-likeness (QED) is 0.0622. The summed E-state index contributed by atoms with van der Waals surface area (Å²) in [5.74, 6) is -7.09. The van der Waals surface area contributed by atoms with E-state index >= 15 is 0 Å². The summed E-state index contributed by atoms with van der Waals surface area (Å²) in [5.41, 5.74) is 6.31. The molecular formula is C26H43N9O11. The monoisotopic (exact) mass is 657 g/mol. The van der Waals surface area contributed by atoms with Crippen LogP contribution in [0.2, 0.25) is 0 Å². The standard InChI is InChI=1S/C26H43N9O11/c1-4-12(2)20(27)25(44)34-17(10-37)23(42)33-15(5-14-6-28-11-31-14)22(41)30-7-18(39)29-8-19(40)32-16(9-36)24(43)35-21(13(3)38)26(45)46/h6,11-13,15-17,20-21,36-38H,4-5,7-10,27H2,1-3H3,(H,28,31)(H,29,39)(H,30,41)(H,32,40)(H,33,42)(H,34,44)(H,35,43)(H,45,46)/t12-,13+,15-,16-,17-,20-,21-/m0/s1. The Hall–Kier alpha value is -4.66. The Bertz CT molecular complexity index is 1200. The average Bonchev–Trinajstić information content (AvgIpc) is 3.54. The van der Waals surface area contributed by atoms with E-state index in [-0.39, 0.29) is 12.3 Å². The zero-order valence-electron chi connectivity index (χ0n) is 25.6. The van der Waals surface area contributed by atoms with Crippen molar-refractivity contribution in [2.24, 2.45) is 11.7 Å². The molecule has 1 rings (SSSR count). The Morgan fingerprint density at radius 3 is 1.91 bits per heavy atom. The van der Waals surface area contributed by atoms with Gasteiger partial charge in [0.25, 0.3) is 0 Å². The summed E-state index contributed by atoms with van der Waals surface area (Å²) in [5, 5.41) is 50.9. The molecule has 0 fully saturated rings. The van der Waals surface area contributed by atoms with Crippen molar-refractivity contribution in [1.82, 2.24) is 41.9 Å². The van der Waals surface area contributed by atoms with Crippen LogP contribution in [0.25, 0.3) is 0 Å². The molecule has 0 aliphatic rings. The highest BCUT2D eigenvalue weighted by atomic mass is 16.4. The molecule has 20 heteroatoms. The maximum absolute atomic E-state index is 12.9. The van der Waals surface area contributed by atoms with Crippen molar-refractivity contribution in [2.45, 2.75) is 69.9 Å². The molecule has 258 valence electrons. The lowest BCUT2D eigenvalue weighted by Crippen LogP contribution is -2.58. The maximum atomic E-state index is 12.9. The largest absolute Gasteiger partial charge is 0.480 e. The molecule has 0 saturated heterocycles. The van der Waals surface area contributed by atoms with E-state index in [1.807, 2.05) is 12.2 Å². The first-order valence-corrected chi connectivity index (χ1v) is 14.2. The first kappa shape index (κ1) is 39.4. The van der Waals surface area contributed by atoms with Gasteiger partial charge in [0.15, 0.2) is 6.04 Å². The Balaban J connectivity index is 2.75. The highest BCUT2D eigenvalue weighted by molar-refractivity contribution is 5.95. The van der Waals surface area contributed by atoms with Crippen LogP contribution in [0, 0.1) is 5.92 Å². The molecule has 20 nitrogen and oxygen atoms in total. The molecular weight excluding hydrogens is 614 g/mol. The predicted molar refractivity (Wildman–Crippen MR) is 157 cm³/mol. The summed E-state index contributed by atoms with van der Waals surface area (Å²) in [4.78, 5) is 92.7. The summed E-state index contributed by atoms with van der Waals surface area (Å²) in [6.07, 6.45) is 1.71. The van der Waals surface area contributed by atoms with Crippen molar-refractivity contribution in [1.29, 1.82) is 0 Å². The number of rotatable bonds is 20. The lowest BCUT2D eigenvalue weighted by molar-refractivity contribution is -0.145. The van der Waals surface area contributed by atoms with E-state index in [0.717, 1.165) is 6.92 Å². The molecule has 7 atom stereocenters. The van der Waals surface area contributed by atoms with Crippen LogP contribution in [-0.2, 0) is 40.0 Å². The first-order valence-electron chi connectivity index (χ1n) is 14.2. The molecule has 0 bridgehead atoms. The van der Waals surface area contributed by atoms with Gasteiger partial charge in [-0.05, 0) is 12.8 Å². The second-order valence-corrected chi connectivity index (χ2v) is 10.4. The van der Waals surface area contributed by atoms with E-state index in [0.29, 0.717) is 12.1 Å². The van der Waals surface area contributed by atoms with Crippen LogP contribution in [0.15, 0.2) is 12.5 Å². The van der Waals surface area contributed by atoms with Crippen LogP contribution in [0.5, 0.6) is 0 Å². The summed E-state index contributed by atoms with van der Waals surface area (Å²) in [6.45, 7) is 1.60. The van der Waals surface area contributed by atoms with E-state index < -0.39 is 104 Å². The highest BCUT2D eigenvalue weighted by Gasteiger charge is 2.31. The summed E-state index contributed by atoms with van der Waals surface area (Å²) >= 11 is 0. The van der Waals surface area contributed by atoms with Gasteiger partial charge in [-0.15, -0.1) is 0 Å². The fraction of sp³-hybridized carbons (Fsp3) is 0.615. The summed E-state index contributed by atoms with van der Waals surface area (Å²) < 4.78 is 0. The number of carboxylic acids is 1. The number of amides is 6. The minimum absolute atomic E-state index is 0.123. The van der Waals surface area contributed by atoms with Crippen LogP contribution in [0.3, 0.4) is 0 Å². The number of imidazole rings is 1. The predicted octanol–water partition coefficient (Wildman–Crippen LogP) is -6.05. The minimum Gasteiger partial charge on any atom is -0.480 e. The molecule has 1 aromatic rings. The molecule has 6 amide bonds. The third-order valence-corrected chi connectivity index (χ3v) is 6.74. The number of nitrogens with two attached hydrogens (primary N) is 1. The Kier molecular flexibility index (Phi) is 16.8. The van der Waals surface area contributed by atoms with Crippen molar-refractivity contribution in [3.8, 4) is 0 Å². The lowest BCUT2D eigenvalue weighted by atomic mass is 9.99. The minimum atomic E-state index is -1.70. The summed E-state index contributed by atoms with van der Waals surface area (Å²) in [7, 11) is 0. The zero-order valence-corrected chi connectivity index (χ0v) is 25.6. The van der Waals surface area contributed by atoms with Crippen LogP contribution in [0.4, 0.5) is 0 Å². The summed E-state index contributed by atoms with van der Waals surface area (Å²) in [6, 6.07) is -6.99. The van der Waals surface area contributed by atoms with Crippen LogP contribution in [0.1, 0.15) is 32.9 Å². The normalized spacial score (nSPS) is 15.5. The van der Waals surface area contributed by atoms with Gasteiger partial charge in [0.2, 0.25) is 35.4 Å². The molecule has 0 saturated carbocycles. The number of nitrogens with zero attached hydrogens (tertiary/aromatic N) is 1. The van der Waals surface area contributed by atoms with Gasteiger partial charge >= 0.3 is 5.97 Å². The topological polar surface area (TPSA) is 327 Å². The third kappa shape index (κ3) is 13.1. The zero-order chi connectivity index (χ0) is 35.0. The van der Waals surface area contributed by atoms with Gasteiger partial charge in [-0.25, -0.2) is 9.78 Å². The van der Waals surface area contributed by atoms with Gasteiger partial charge in [0, 0.05) is 18.3 Å². The third-order valence-electron chi connectivity index (χ3n) is 6.74. The molecule has 0 aromatic carbocycles. The number of aliphatic hydroxyl groups is 3. The fourth-order valence-corrected chi connectivity index (χ4v) is 3.69. The number of aliphatic carboxylic acids is 1. The second-order valence-electron chi connectivity index (χ2n) is 10.4. The number of H-pyrrole nitrogens is 1. The molecule has 0 aliphatic heterocycles. The molecule has 0 aliphatic carbocycles. The van der Waals surface area contributed by atoms with E-state index in [9.17, 15) is 48.9 Å². The number of carbonyl (C=O) groups is 7. The first-order chi connectivity index (χ1) is 21.6. The molecule has 1 aromatic heterocycles. The van der Waals surface area contributed by atoms with Crippen molar-refractivity contribution in [3.63, 3.8) is 0 Å². The molecule has 0 radical (unpaired) electrons. The van der Waals surface area contributed by atoms with Gasteiger partial charge in [0.05, 0.1) is 44.8 Å². The van der Waals surface area contributed by atoms with Gasteiger partial charge < -0.3 is 63.0 Å². The maximum Gasteiger partial charge on any atom is 0.328 e. The van der Waals surface area contributed by atoms with E-state index in [1.54, 1.807) is 6.92 Å². The van der Waals surface area contributed by atoms with E-state index in [4.69, 9.17) is 10.8 Å². The van der Waals surface area contributed by atoms with Crippen molar-refractivity contribution in [3.05, 3.63) is 18.2 Å². The lowest BCUT2D eigenvalue weighted by Gasteiger charge is -2.24. The Morgan fingerprint density at radius 2 is 1.39 bits per heavy atom. The van der Waals surface area contributed by atoms with Gasteiger partial charge in [-0.3, -0.25) is 28.8 Å². The van der Waals surface area contributed by atoms with Crippen LogP contribution < -0.4 is 37.6 Å². The van der Waals surface area contributed by atoms with Crippen molar-refractivity contribution < 1.29 is 54.0 Å². The molecule has 13 N–H and O–H groups in total. The smallest absolute Gasteiger partial charge is 0.328 e. The van der Waals surface area contributed by atoms with Crippen molar-refractivity contribution in [2.75, 3.05) is 26.3 Å². The number of nitrogens with one attached hydrogen (secondary N) is 7. The fourth-order valence-electron chi connectivity index (χ4n) is 3.69. The number of carbonyl (C=O) groups excluding carboxylic acids is 6. The van der Waals surface area contributed by atoms with E-state index in [2.05, 4.69) is 36.6 Å². The van der Waals surface area contributed by atoms with E-state index in [1.165, 1.54) is 12.5 Å². The average molecular weight is 658 g/mol. The number of aromatic nitrogens is 2. The molecule has 46 heavy (non-hydrogen) atoms. The molecule has 0 spiro atoms. The number of aliphatic hydroxyl groups excluding tert-OH is 3. The Morgan fingerprint density at radius 1 is 0.826 bits per heavy atom. The van der Waals surface area contributed by atoms with Gasteiger partial charge in [0.1, 0.15) is 18.1 Å². The number of carboxylic acid groups (broad SMARTS) is 1. The second kappa shape index (κ2) is 19.7.